The predicted molar refractivity (Wildman–Crippen MR) is 104 cm³/mol. The van der Waals surface area contributed by atoms with E-state index in [4.69, 9.17) is 0 Å². The predicted octanol–water partition coefficient (Wildman–Crippen LogP) is 4.95. The van der Waals surface area contributed by atoms with Crippen LogP contribution >= 0.6 is 0 Å². The Morgan fingerprint density at radius 2 is 1.64 bits per heavy atom. The molecule has 8 heteroatoms. The maximum Gasteiger partial charge on any atom is 0.278 e. The zero-order valence-electron chi connectivity index (χ0n) is 15.8. The van der Waals surface area contributed by atoms with Gasteiger partial charge in [-0.05, 0) is 37.0 Å². The molecule has 4 rings (SSSR count). The second kappa shape index (κ2) is 8.50. The van der Waals surface area contributed by atoms with Gasteiger partial charge in [0.15, 0.2) is 0 Å². The van der Waals surface area contributed by atoms with Crippen LogP contribution in [0.25, 0.3) is 0 Å². The standard InChI is InChI=1S/C18H16F3N5.C2H6/c19-13-4-2-12(3-5-13)18(6-1-7-18)24-17-22-9-11(10-23-17)14-8-15(16(20)21)26-25-14;1-2/h2-5,9-10,16H,1,6-8H2,(H,22,23,24);1-2H3. The quantitative estimate of drug-likeness (QED) is 0.787. The minimum atomic E-state index is -2.60. The molecule has 0 amide bonds. The van der Waals surface area contributed by atoms with Crippen molar-refractivity contribution in [2.45, 2.75) is 51.5 Å². The number of nitrogens with one attached hydrogen (secondary N) is 1. The number of rotatable bonds is 5. The second-order valence-corrected chi connectivity index (χ2v) is 6.48. The number of halogens is 3. The molecule has 0 saturated heterocycles. The van der Waals surface area contributed by atoms with Crippen molar-refractivity contribution in [1.82, 2.24) is 9.97 Å². The number of aromatic nitrogens is 2. The third-order valence-corrected chi connectivity index (χ3v) is 4.84. The molecule has 28 heavy (non-hydrogen) atoms. The van der Waals surface area contributed by atoms with Crippen LogP contribution in [0, 0.1) is 5.82 Å². The summed E-state index contributed by atoms with van der Waals surface area (Å²) in [4.78, 5) is 8.58. The zero-order chi connectivity index (χ0) is 20.1. The summed E-state index contributed by atoms with van der Waals surface area (Å²) in [6.45, 7) is 4.00. The van der Waals surface area contributed by atoms with Gasteiger partial charge in [-0.3, -0.25) is 0 Å². The van der Waals surface area contributed by atoms with E-state index in [0.29, 0.717) is 17.2 Å². The molecule has 1 N–H and O–H groups in total. The average molecular weight is 389 g/mol. The van der Waals surface area contributed by atoms with Gasteiger partial charge in [0.05, 0.1) is 11.3 Å². The van der Waals surface area contributed by atoms with Crippen LogP contribution in [-0.2, 0) is 5.54 Å². The van der Waals surface area contributed by atoms with E-state index < -0.39 is 6.43 Å². The first-order chi connectivity index (χ1) is 13.6. The first-order valence-electron chi connectivity index (χ1n) is 9.34. The summed E-state index contributed by atoms with van der Waals surface area (Å²) < 4.78 is 38.5. The van der Waals surface area contributed by atoms with Gasteiger partial charge in [-0.2, -0.15) is 10.2 Å². The molecule has 1 aliphatic carbocycles. The lowest BCUT2D eigenvalue weighted by molar-refractivity contribution is 0.224. The monoisotopic (exact) mass is 389 g/mol. The Hall–Kier alpha value is -2.77. The molecule has 1 aromatic heterocycles. The molecule has 0 unspecified atom stereocenters. The zero-order valence-corrected chi connectivity index (χ0v) is 15.8. The molecule has 5 nitrogen and oxygen atoms in total. The Labute approximate surface area is 161 Å². The number of hydrogen-bond donors (Lipinski definition) is 1. The molecule has 1 fully saturated rings. The van der Waals surface area contributed by atoms with E-state index in [1.165, 1.54) is 12.1 Å². The lowest BCUT2D eigenvalue weighted by Crippen LogP contribution is -2.42. The van der Waals surface area contributed by atoms with E-state index in [1.807, 2.05) is 13.8 Å². The fraction of sp³-hybridized carbons (Fsp3) is 0.400. The van der Waals surface area contributed by atoms with Crippen molar-refractivity contribution in [3.63, 3.8) is 0 Å². The topological polar surface area (TPSA) is 62.5 Å². The molecule has 1 aromatic carbocycles. The molecular formula is C20H22F3N5. The van der Waals surface area contributed by atoms with Crippen LogP contribution in [-0.4, -0.2) is 27.8 Å². The van der Waals surface area contributed by atoms with E-state index in [2.05, 4.69) is 25.5 Å². The summed E-state index contributed by atoms with van der Waals surface area (Å²) in [5.74, 6) is 0.165. The van der Waals surface area contributed by atoms with Crippen molar-refractivity contribution in [2.24, 2.45) is 10.2 Å². The smallest absolute Gasteiger partial charge is 0.278 e. The van der Waals surface area contributed by atoms with Crippen molar-refractivity contribution in [3.05, 3.63) is 53.6 Å². The molecule has 0 bridgehead atoms. The summed E-state index contributed by atoms with van der Waals surface area (Å²) in [5.41, 5.74) is 1.45. The Morgan fingerprint density at radius 1 is 1.00 bits per heavy atom. The lowest BCUT2D eigenvalue weighted by atomic mass is 9.72. The minimum Gasteiger partial charge on any atom is -0.345 e. The summed E-state index contributed by atoms with van der Waals surface area (Å²) in [5, 5.41) is 10.6. The molecule has 1 saturated carbocycles. The van der Waals surface area contributed by atoms with E-state index >= 15 is 0 Å². The molecule has 0 spiro atoms. The molecule has 2 aromatic rings. The number of benzene rings is 1. The average Bonchev–Trinajstić information content (AvgIpc) is 3.18. The third-order valence-electron chi connectivity index (χ3n) is 4.84. The summed E-state index contributed by atoms with van der Waals surface area (Å²) in [6.07, 6.45) is 3.38. The van der Waals surface area contributed by atoms with E-state index in [-0.39, 0.29) is 23.5 Å². The Bertz CT molecular complexity index is 856. The highest BCUT2D eigenvalue weighted by Crippen LogP contribution is 2.43. The molecule has 0 radical (unpaired) electrons. The number of nitrogens with zero attached hydrogens (tertiary/aromatic N) is 4. The van der Waals surface area contributed by atoms with Crippen LogP contribution in [0.4, 0.5) is 19.1 Å². The van der Waals surface area contributed by atoms with Gasteiger partial charge >= 0.3 is 0 Å². The molecule has 148 valence electrons. The molecule has 1 aliphatic heterocycles. The lowest BCUT2D eigenvalue weighted by Gasteiger charge is -2.43. The summed E-state index contributed by atoms with van der Waals surface area (Å²) in [7, 11) is 0. The van der Waals surface area contributed by atoms with Gasteiger partial charge in [0, 0.05) is 24.4 Å². The van der Waals surface area contributed by atoms with Crippen LogP contribution < -0.4 is 5.32 Å². The Balaban J connectivity index is 0.00000109. The largest absolute Gasteiger partial charge is 0.345 e. The summed E-state index contributed by atoms with van der Waals surface area (Å²) >= 11 is 0. The number of hydrogen-bond acceptors (Lipinski definition) is 5. The van der Waals surface area contributed by atoms with Crippen LogP contribution in [0.15, 0.2) is 46.9 Å². The minimum absolute atomic E-state index is 0.00726. The first kappa shape index (κ1) is 20.0. The van der Waals surface area contributed by atoms with Gasteiger partial charge in [0.1, 0.15) is 11.5 Å². The highest BCUT2D eigenvalue weighted by atomic mass is 19.3. The fourth-order valence-corrected chi connectivity index (χ4v) is 3.19. The maximum atomic E-state index is 13.2. The molecule has 2 heterocycles. The fourth-order valence-electron chi connectivity index (χ4n) is 3.19. The number of anilines is 1. The highest BCUT2D eigenvalue weighted by Gasteiger charge is 2.39. The molecular weight excluding hydrogens is 367 g/mol. The van der Waals surface area contributed by atoms with Gasteiger partial charge in [-0.25, -0.2) is 23.1 Å². The van der Waals surface area contributed by atoms with Crippen LogP contribution in [0.3, 0.4) is 0 Å². The van der Waals surface area contributed by atoms with Crippen molar-refractivity contribution in [2.75, 3.05) is 5.32 Å². The van der Waals surface area contributed by atoms with E-state index in [0.717, 1.165) is 24.8 Å². The van der Waals surface area contributed by atoms with Crippen molar-refractivity contribution in [3.8, 4) is 0 Å². The Morgan fingerprint density at radius 3 is 2.14 bits per heavy atom. The second-order valence-electron chi connectivity index (χ2n) is 6.48. The summed E-state index contributed by atoms with van der Waals surface area (Å²) in [6, 6.07) is 6.43. The van der Waals surface area contributed by atoms with Crippen LogP contribution in [0.5, 0.6) is 0 Å². The first-order valence-corrected chi connectivity index (χ1v) is 9.34. The van der Waals surface area contributed by atoms with Gasteiger partial charge in [-0.1, -0.05) is 26.0 Å². The highest BCUT2D eigenvalue weighted by molar-refractivity contribution is 6.15. The van der Waals surface area contributed by atoms with Gasteiger partial charge < -0.3 is 5.32 Å². The van der Waals surface area contributed by atoms with Crippen LogP contribution in [0.2, 0.25) is 0 Å². The van der Waals surface area contributed by atoms with Crippen molar-refractivity contribution < 1.29 is 13.2 Å². The van der Waals surface area contributed by atoms with Gasteiger partial charge in [0.2, 0.25) is 5.95 Å². The van der Waals surface area contributed by atoms with Gasteiger partial charge in [-0.15, -0.1) is 0 Å². The maximum absolute atomic E-state index is 13.2. The number of alkyl halides is 2. The van der Waals surface area contributed by atoms with Crippen molar-refractivity contribution in [1.29, 1.82) is 0 Å². The SMILES string of the molecule is CC.Fc1ccc(C2(Nc3ncc(C4=NN=C(C(F)F)C4)cn3)CCC2)cc1. The molecule has 0 atom stereocenters. The van der Waals surface area contributed by atoms with Gasteiger partial charge in [0.25, 0.3) is 6.43 Å². The van der Waals surface area contributed by atoms with E-state index in [1.54, 1.807) is 24.5 Å². The normalized spacial score (nSPS) is 17.2. The van der Waals surface area contributed by atoms with E-state index in [9.17, 15) is 13.2 Å². The third kappa shape index (κ3) is 4.05. The van der Waals surface area contributed by atoms with Crippen molar-refractivity contribution >= 4 is 17.4 Å². The Kier molecular flexibility index (Phi) is 6.06. The van der Waals surface area contributed by atoms with Crippen LogP contribution in [0.1, 0.15) is 50.7 Å². The molecule has 2 aliphatic rings.